The van der Waals surface area contributed by atoms with Crippen LogP contribution in [0.15, 0.2) is 48.5 Å². The maximum atomic E-state index is 11.5. The molecular formula is C18H19ClO3. The van der Waals surface area contributed by atoms with Gasteiger partial charge in [-0.25, -0.2) is 0 Å². The van der Waals surface area contributed by atoms with Gasteiger partial charge in [-0.2, -0.15) is 0 Å². The van der Waals surface area contributed by atoms with Crippen LogP contribution in [0.2, 0.25) is 5.02 Å². The van der Waals surface area contributed by atoms with Crippen molar-refractivity contribution in [2.45, 2.75) is 25.7 Å². The van der Waals surface area contributed by atoms with Crippen molar-refractivity contribution < 1.29 is 14.6 Å². The van der Waals surface area contributed by atoms with Gasteiger partial charge in [0, 0.05) is 5.02 Å². The molecule has 0 aliphatic carbocycles. The highest BCUT2D eigenvalue weighted by Crippen LogP contribution is 2.24. The second-order valence-electron chi connectivity index (χ2n) is 5.04. The van der Waals surface area contributed by atoms with E-state index in [0.717, 1.165) is 17.7 Å². The van der Waals surface area contributed by atoms with Crippen molar-refractivity contribution in [3.05, 3.63) is 64.7 Å². The number of carboxylic acid groups (broad SMARTS) is 1. The number of hydrogen-bond donors (Lipinski definition) is 1. The maximum absolute atomic E-state index is 11.5. The number of para-hydroxylation sites is 1. The van der Waals surface area contributed by atoms with Gasteiger partial charge in [-0.05, 0) is 42.2 Å². The topological polar surface area (TPSA) is 46.5 Å². The Kier molecular flexibility index (Phi) is 5.84. The first-order valence-corrected chi connectivity index (χ1v) is 7.68. The number of ether oxygens (including phenoxy) is 1. The first kappa shape index (κ1) is 16.4. The highest BCUT2D eigenvalue weighted by molar-refractivity contribution is 6.30. The van der Waals surface area contributed by atoms with Gasteiger partial charge in [-0.15, -0.1) is 0 Å². The van der Waals surface area contributed by atoms with Crippen molar-refractivity contribution in [1.82, 2.24) is 0 Å². The summed E-state index contributed by atoms with van der Waals surface area (Å²) in [6.07, 6.45) is 1.28. The van der Waals surface area contributed by atoms with E-state index in [-0.39, 0.29) is 0 Å². The molecule has 2 aromatic carbocycles. The third-order valence-electron chi connectivity index (χ3n) is 3.57. The molecule has 1 atom stereocenters. The second kappa shape index (κ2) is 7.85. The van der Waals surface area contributed by atoms with Gasteiger partial charge in [0.15, 0.2) is 0 Å². The van der Waals surface area contributed by atoms with E-state index in [0.29, 0.717) is 23.6 Å². The third-order valence-corrected chi connectivity index (χ3v) is 3.80. The Hall–Kier alpha value is -2.00. The zero-order chi connectivity index (χ0) is 15.9. The molecule has 0 heterocycles. The standard InChI is InChI=1S/C18H19ClO3/c1-2-13-6-3-4-9-17(13)22-11-10-16(18(20)21)14-7-5-8-15(19)12-14/h3-9,12,16H,2,10-11H2,1H3,(H,20,21). The molecule has 0 spiro atoms. The Morgan fingerprint density at radius 3 is 2.68 bits per heavy atom. The summed E-state index contributed by atoms with van der Waals surface area (Å²) in [6.45, 7) is 2.41. The molecule has 1 N–H and O–H groups in total. The molecule has 0 radical (unpaired) electrons. The zero-order valence-electron chi connectivity index (χ0n) is 12.5. The lowest BCUT2D eigenvalue weighted by Gasteiger charge is -2.15. The van der Waals surface area contributed by atoms with E-state index in [1.54, 1.807) is 24.3 Å². The summed E-state index contributed by atoms with van der Waals surface area (Å²) in [4.78, 5) is 11.5. The van der Waals surface area contributed by atoms with Crippen molar-refractivity contribution in [2.75, 3.05) is 6.61 Å². The van der Waals surface area contributed by atoms with Crippen LogP contribution >= 0.6 is 11.6 Å². The van der Waals surface area contributed by atoms with Crippen LogP contribution < -0.4 is 4.74 Å². The second-order valence-corrected chi connectivity index (χ2v) is 5.48. The molecule has 0 saturated heterocycles. The molecule has 0 fully saturated rings. The van der Waals surface area contributed by atoms with Crippen LogP contribution in [-0.4, -0.2) is 17.7 Å². The number of aryl methyl sites for hydroxylation is 1. The summed E-state index contributed by atoms with van der Waals surface area (Å²) in [6, 6.07) is 14.8. The SMILES string of the molecule is CCc1ccccc1OCCC(C(=O)O)c1cccc(Cl)c1. The number of aliphatic carboxylic acids is 1. The molecule has 2 aromatic rings. The van der Waals surface area contributed by atoms with Gasteiger partial charge in [-0.1, -0.05) is 48.9 Å². The molecule has 0 aliphatic heterocycles. The van der Waals surface area contributed by atoms with Gasteiger partial charge in [-0.3, -0.25) is 4.79 Å². The van der Waals surface area contributed by atoms with Crippen molar-refractivity contribution in [3.63, 3.8) is 0 Å². The van der Waals surface area contributed by atoms with E-state index in [1.165, 1.54) is 0 Å². The molecule has 1 unspecified atom stereocenters. The van der Waals surface area contributed by atoms with Crippen LogP contribution in [0.4, 0.5) is 0 Å². The number of hydrogen-bond acceptors (Lipinski definition) is 2. The van der Waals surface area contributed by atoms with E-state index in [4.69, 9.17) is 16.3 Å². The van der Waals surface area contributed by atoms with Crippen LogP contribution in [0, 0.1) is 0 Å². The van der Waals surface area contributed by atoms with E-state index < -0.39 is 11.9 Å². The Labute approximate surface area is 135 Å². The molecule has 22 heavy (non-hydrogen) atoms. The molecular weight excluding hydrogens is 300 g/mol. The van der Waals surface area contributed by atoms with Crippen LogP contribution in [0.5, 0.6) is 5.75 Å². The fourth-order valence-electron chi connectivity index (χ4n) is 2.38. The van der Waals surface area contributed by atoms with Crippen LogP contribution in [0.1, 0.15) is 30.4 Å². The first-order chi connectivity index (χ1) is 10.6. The summed E-state index contributed by atoms with van der Waals surface area (Å²) in [7, 11) is 0. The quantitative estimate of drug-likeness (QED) is 0.815. The molecule has 3 nitrogen and oxygen atoms in total. The molecule has 0 aromatic heterocycles. The van der Waals surface area contributed by atoms with Gasteiger partial charge in [0.2, 0.25) is 0 Å². The largest absolute Gasteiger partial charge is 0.493 e. The molecule has 0 saturated carbocycles. The molecule has 116 valence electrons. The van der Waals surface area contributed by atoms with Crippen molar-refractivity contribution in [2.24, 2.45) is 0 Å². The summed E-state index contributed by atoms with van der Waals surface area (Å²) in [5.74, 6) is -0.664. The predicted octanol–water partition coefficient (Wildman–Crippen LogP) is 4.54. The highest BCUT2D eigenvalue weighted by atomic mass is 35.5. The minimum absolute atomic E-state index is 0.348. The van der Waals surface area contributed by atoms with Gasteiger partial charge in [0.05, 0.1) is 12.5 Å². The third kappa shape index (κ3) is 4.25. The Bertz CT molecular complexity index is 640. The number of carbonyl (C=O) groups is 1. The van der Waals surface area contributed by atoms with Crippen molar-refractivity contribution in [1.29, 1.82) is 0 Å². The monoisotopic (exact) mass is 318 g/mol. The van der Waals surface area contributed by atoms with E-state index in [2.05, 4.69) is 6.92 Å². The summed E-state index contributed by atoms with van der Waals surface area (Å²) >= 11 is 5.94. The minimum Gasteiger partial charge on any atom is -0.493 e. The van der Waals surface area contributed by atoms with Gasteiger partial charge < -0.3 is 9.84 Å². The zero-order valence-corrected chi connectivity index (χ0v) is 13.2. The Morgan fingerprint density at radius 2 is 2.00 bits per heavy atom. The summed E-state index contributed by atoms with van der Waals surface area (Å²) in [5.41, 5.74) is 1.82. The highest BCUT2D eigenvalue weighted by Gasteiger charge is 2.20. The number of carboxylic acids is 1. The van der Waals surface area contributed by atoms with Crippen molar-refractivity contribution in [3.8, 4) is 5.75 Å². The van der Waals surface area contributed by atoms with Gasteiger partial charge in [0.1, 0.15) is 5.75 Å². The van der Waals surface area contributed by atoms with Crippen LogP contribution in [-0.2, 0) is 11.2 Å². The summed E-state index contributed by atoms with van der Waals surface area (Å²) in [5, 5.41) is 9.96. The molecule has 0 bridgehead atoms. The fraction of sp³-hybridized carbons (Fsp3) is 0.278. The van der Waals surface area contributed by atoms with E-state index in [9.17, 15) is 9.90 Å². The van der Waals surface area contributed by atoms with Gasteiger partial charge in [0.25, 0.3) is 0 Å². The number of halogens is 1. The fourth-order valence-corrected chi connectivity index (χ4v) is 2.58. The molecule has 4 heteroatoms. The van der Waals surface area contributed by atoms with Crippen LogP contribution in [0.3, 0.4) is 0 Å². The van der Waals surface area contributed by atoms with Gasteiger partial charge >= 0.3 is 5.97 Å². The number of benzene rings is 2. The van der Waals surface area contributed by atoms with Crippen LogP contribution in [0.25, 0.3) is 0 Å². The van der Waals surface area contributed by atoms with E-state index in [1.807, 2.05) is 24.3 Å². The lowest BCUT2D eigenvalue weighted by molar-refractivity contribution is -0.139. The minimum atomic E-state index is -0.866. The lowest BCUT2D eigenvalue weighted by atomic mass is 9.96. The lowest BCUT2D eigenvalue weighted by Crippen LogP contribution is -2.15. The predicted molar refractivity (Wildman–Crippen MR) is 87.8 cm³/mol. The molecule has 2 rings (SSSR count). The maximum Gasteiger partial charge on any atom is 0.311 e. The molecule has 0 aliphatic rings. The Balaban J connectivity index is 2.02. The average Bonchev–Trinajstić information content (AvgIpc) is 2.51. The van der Waals surface area contributed by atoms with E-state index >= 15 is 0 Å². The smallest absolute Gasteiger partial charge is 0.311 e. The Morgan fingerprint density at radius 1 is 1.23 bits per heavy atom. The number of rotatable bonds is 7. The summed E-state index contributed by atoms with van der Waals surface area (Å²) < 4.78 is 5.76. The average molecular weight is 319 g/mol. The normalized spacial score (nSPS) is 11.9. The van der Waals surface area contributed by atoms with Crippen molar-refractivity contribution >= 4 is 17.6 Å². The molecule has 0 amide bonds. The first-order valence-electron chi connectivity index (χ1n) is 7.30.